The minimum atomic E-state index is -1.55. The average Bonchev–Trinajstić information content (AvgIpc) is 2.18. The molecule has 15 heavy (non-hydrogen) atoms. The topological polar surface area (TPSA) is 95.6 Å². The zero-order valence-corrected chi connectivity index (χ0v) is 8.25. The lowest BCUT2D eigenvalue weighted by Crippen LogP contribution is -2.38. The number of rotatable bonds is 4. The second-order valence-corrected chi connectivity index (χ2v) is 3.24. The van der Waals surface area contributed by atoms with Crippen LogP contribution in [0.3, 0.4) is 0 Å². The van der Waals surface area contributed by atoms with Gasteiger partial charge in [-0.1, -0.05) is 6.08 Å². The van der Waals surface area contributed by atoms with E-state index in [2.05, 4.69) is 5.32 Å². The molecule has 0 saturated carbocycles. The number of nitrogens with zero attached hydrogens (tertiary/aromatic N) is 1. The van der Waals surface area contributed by atoms with E-state index in [4.69, 9.17) is 10.2 Å². The van der Waals surface area contributed by atoms with Crippen LogP contribution in [0.25, 0.3) is 0 Å². The van der Waals surface area contributed by atoms with Crippen molar-refractivity contribution in [1.29, 1.82) is 0 Å². The van der Waals surface area contributed by atoms with Crippen LogP contribution in [-0.2, 0) is 0 Å². The standard InChI is InChI=1S/C9H13N2O4/c1-6(9(12)13)10-7-4-2-3-5-8(7)11(14)15/h2,4-6,9-10,12-13H,3H2,1H3/t6-/m0/s1. The normalized spacial score (nSPS) is 18.1. The summed E-state index contributed by atoms with van der Waals surface area (Å²) < 4.78 is 0. The summed E-state index contributed by atoms with van der Waals surface area (Å²) in [5.41, 5.74) is 0.261. The monoisotopic (exact) mass is 213 g/mol. The fraction of sp³-hybridized carbons (Fsp3) is 0.444. The zero-order valence-electron chi connectivity index (χ0n) is 8.25. The fourth-order valence-corrected chi connectivity index (χ4v) is 1.18. The van der Waals surface area contributed by atoms with Crippen molar-refractivity contribution in [1.82, 2.24) is 5.32 Å². The lowest BCUT2D eigenvalue weighted by molar-refractivity contribution is -0.421. The van der Waals surface area contributed by atoms with Crippen LogP contribution in [0.1, 0.15) is 13.3 Å². The first-order chi connectivity index (χ1) is 7.02. The van der Waals surface area contributed by atoms with E-state index in [9.17, 15) is 10.1 Å². The van der Waals surface area contributed by atoms with Crippen LogP contribution < -0.4 is 5.32 Å². The Morgan fingerprint density at radius 2 is 2.27 bits per heavy atom. The van der Waals surface area contributed by atoms with Crippen molar-refractivity contribution in [3.8, 4) is 0 Å². The molecule has 83 valence electrons. The molecule has 0 unspecified atom stereocenters. The molecule has 0 amide bonds. The summed E-state index contributed by atoms with van der Waals surface area (Å²) >= 11 is 0. The Morgan fingerprint density at radius 1 is 1.60 bits per heavy atom. The summed E-state index contributed by atoms with van der Waals surface area (Å²) in [5.74, 6) is 0. The number of nitro groups is 1. The Morgan fingerprint density at radius 3 is 2.80 bits per heavy atom. The molecule has 1 atom stereocenters. The quantitative estimate of drug-likeness (QED) is 0.345. The summed E-state index contributed by atoms with van der Waals surface area (Å²) in [4.78, 5) is 10.1. The van der Waals surface area contributed by atoms with E-state index in [0.717, 1.165) is 0 Å². The lowest BCUT2D eigenvalue weighted by Gasteiger charge is -2.19. The molecular formula is C9H13N2O4. The van der Waals surface area contributed by atoms with Gasteiger partial charge in [0, 0.05) is 0 Å². The number of hydrogen-bond donors (Lipinski definition) is 3. The molecular weight excluding hydrogens is 200 g/mol. The highest BCUT2D eigenvalue weighted by Crippen LogP contribution is 2.17. The molecule has 1 radical (unpaired) electrons. The van der Waals surface area contributed by atoms with Gasteiger partial charge in [-0.15, -0.1) is 0 Å². The van der Waals surface area contributed by atoms with Crippen LogP contribution >= 0.6 is 0 Å². The maximum atomic E-state index is 10.6. The van der Waals surface area contributed by atoms with Crippen molar-refractivity contribution in [3.63, 3.8) is 0 Å². The molecule has 0 heterocycles. The second-order valence-electron chi connectivity index (χ2n) is 3.24. The molecule has 1 aliphatic carbocycles. The average molecular weight is 213 g/mol. The maximum absolute atomic E-state index is 10.6. The van der Waals surface area contributed by atoms with Gasteiger partial charge in [-0.25, -0.2) is 0 Å². The number of allylic oxidation sites excluding steroid dienone is 2. The van der Waals surface area contributed by atoms with Gasteiger partial charge in [-0.05, 0) is 25.8 Å². The van der Waals surface area contributed by atoms with Crippen molar-refractivity contribution in [2.75, 3.05) is 0 Å². The summed E-state index contributed by atoms with van der Waals surface area (Å²) in [6, 6.07) is -0.661. The first-order valence-corrected chi connectivity index (χ1v) is 4.53. The van der Waals surface area contributed by atoms with Gasteiger partial charge in [0.1, 0.15) is 5.70 Å². The predicted octanol–water partition coefficient (Wildman–Crippen LogP) is -0.0723. The molecule has 0 aromatic carbocycles. The van der Waals surface area contributed by atoms with E-state index in [1.165, 1.54) is 13.0 Å². The third-order valence-corrected chi connectivity index (χ3v) is 2.03. The summed E-state index contributed by atoms with van der Waals surface area (Å²) in [5, 5.41) is 31.0. The van der Waals surface area contributed by atoms with E-state index >= 15 is 0 Å². The molecule has 0 spiro atoms. The van der Waals surface area contributed by atoms with Gasteiger partial charge in [0.2, 0.25) is 0 Å². The molecule has 1 aliphatic rings. The molecule has 3 N–H and O–H groups in total. The number of hydrogen-bond acceptors (Lipinski definition) is 5. The molecule has 6 nitrogen and oxygen atoms in total. The molecule has 0 aromatic rings. The number of nitrogens with one attached hydrogen (secondary N) is 1. The van der Waals surface area contributed by atoms with Gasteiger partial charge in [0.15, 0.2) is 6.29 Å². The number of aliphatic hydroxyl groups is 2. The maximum Gasteiger partial charge on any atom is 0.288 e. The predicted molar refractivity (Wildman–Crippen MR) is 52.9 cm³/mol. The minimum absolute atomic E-state index is 0.0370. The fourth-order valence-electron chi connectivity index (χ4n) is 1.18. The molecule has 6 heteroatoms. The first kappa shape index (κ1) is 11.7. The van der Waals surface area contributed by atoms with Gasteiger partial charge < -0.3 is 15.5 Å². The van der Waals surface area contributed by atoms with Gasteiger partial charge in [-0.3, -0.25) is 10.1 Å². The first-order valence-electron chi connectivity index (χ1n) is 4.53. The van der Waals surface area contributed by atoms with Crippen molar-refractivity contribution < 1.29 is 15.1 Å². The van der Waals surface area contributed by atoms with Gasteiger partial charge in [-0.2, -0.15) is 0 Å². The van der Waals surface area contributed by atoms with E-state index in [-0.39, 0.29) is 5.70 Å². The van der Waals surface area contributed by atoms with Gasteiger partial charge in [0.05, 0.1) is 11.0 Å². The van der Waals surface area contributed by atoms with Crippen LogP contribution in [-0.4, -0.2) is 27.5 Å². The molecule has 0 aromatic heterocycles. The molecule has 1 rings (SSSR count). The Balaban J connectivity index is 2.72. The largest absolute Gasteiger partial charge is 0.372 e. The number of aliphatic hydroxyl groups excluding tert-OH is 1. The minimum Gasteiger partial charge on any atom is -0.372 e. The highest BCUT2D eigenvalue weighted by Gasteiger charge is 2.22. The Bertz CT molecular complexity index is 309. The van der Waals surface area contributed by atoms with E-state index in [1.807, 2.05) is 0 Å². The van der Waals surface area contributed by atoms with Crippen LogP contribution in [0.2, 0.25) is 0 Å². The van der Waals surface area contributed by atoms with Gasteiger partial charge >= 0.3 is 0 Å². The molecule has 0 fully saturated rings. The van der Waals surface area contributed by atoms with Crippen molar-refractivity contribution >= 4 is 0 Å². The Hall–Kier alpha value is -1.40. The third-order valence-electron chi connectivity index (χ3n) is 2.03. The zero-order chi connectivity index (χ0) is 11.4. The van der Waals surface area contributed by atoms with E-state index < -0.39 is 17.3 Å². The van der Waals surface area contributed by atoms with Crippen LogP contribution in [0, 0.1) is 16.5 Å². The van der Waals surface area contributed by atoms with E-state index in [1.54, 1.807) is 12.5 Å². The Kier molecular flexibility index (Phi) is 3.81. The van der Waals surface area contributed by atoms with Crippen LogP contribution in [0.4, 0.5) is 0 Å². The summed E-state index contributed by atoms with van der Waals surface area (Å²) in [6.07, 6.45) is 3.75. The second kappa shape index (κ2) is 4.90. The molecule has 0 bridgehead atoms. The van der Waals surface area contributed by atoms with Crippen molar-refractivity contribution in [2.45, 2.75) is 25.7 Å². The summed E-state index contributed by atoms with van der Waals surface area (Å²) in [6.45, 7) is 1.53. The summed E-state index contributed by atoms with van der Waals surface area (Å²) in [7, 11) is 0. The van der Waals surface area contributed by atoms with Crippen molar-refractivity contribution in [3.05, 3.63) is 40.1 Å². The lowest BCUT2D eigenvalue weighted by atomic mass is 10.1. The van der Waals surface area contributed by atoms with E-state index in [0.29, 0.717) is 12.1 Å². The van der Waals surface area contributed by atoms with Crippen LogP contribution in [0.15, 0.2) is 23.5 Å². The van der Waals surface area contributed by atoms with Crippen LogP contribution in [0.5, 0.6) is 0 Å². The molecule has 0 saturated heterocycles. The smallest absolute Gasteiger partial charge is 0.288 e. The van der Waals surface area contributed by atoms with Gasteiger partial charge in [0.25, 0.3) is 5.70 Å². The van der Waals surface area contributed by atoms with Crippen molar-refractivity contribution in [2.24, 2.45) is 0 Å². The SMILES string of the molecule is C[C@H](NC1=C[CH]CC=C1[N+](=O)[O-])C(O)O. The third kappa shape index (κ3) is 3.03. The highest BCUT2D eigenvalue weighted by molar-refractivity contribution is 5.31. The molecule has 0 aliphatic heterocycles. The Labute approximate surface area is 87.1 Å². The highest BCUT2D eigenvalue weighted by atomic mass is 16.6.